The predicted octanol–water partition coefficient (Wildman–Crippen LogP) is 4.06. The van der Waals surface area contributed by atoms with Crippen molar-refractivity contribution in [1.29, 1.82) is 0 Å². The van der Waals surface area contributed by atoms with Crippen LogP contribution in [-0.4, -0.2) is 37.3 Å². The summed E-state index contributed by atoms with van der Waals surface area (Å²) in [4.78, 5) is 12.3. The lowest BCUT2D eigenvalue weighted by Gasteiger charge is -2.30. The van der Waals surface area contributed by atoms with Gasteiger partial charge in [0.2, 0.25) is 10.0 Å². The largest absolute Gasteiger partial charge is 0.294 e. The molecule has 150 valence electrons. The molecule has 7 heteroatoms. The highest BCUT2D eigenvalue weighted by molar-refractivity contribution is 7.89. The average Bonchev–Trinajstić information content (AvgIpc) is 2.68. The van der Waals surface area contributed by atoms with Gasteiger partial charge in [-0.25, -0.2) is 21.5 Å². The number of hydrogen-bond donors (Lipinski definition) is 0. The van der Waals surface area contributed by atoms with Gasteiger partial charge in [-0.15, -0.1) is 6.58 Å². The first-order chi connectivity index (χ1) is 13.3. The van der Waals surface area contributed by atoms with Crippen molar-refractivity contribution in [2.75, 3.05) is 18.8 Å². The molecule has 3 rings (SSSR count). The summed E-state index contributed by atoms with van der Waals surface area (Å²) in [5.41, 5.74) is 0.349. The zero-order valence-electron chi connectivity index (χ0n) is 15.4. The van der Waals surface area contributed by atoms with E-state index in [1.165, 1.54) is 40.7 Å². The third kappa shape index (κ3) is 6.35. The van der Waals surface area contributed by atoms with Gasteiger partial charge < -0.3 is 0 Å². The number of rotatable bonds is 5. The lowest BCUT2D eigenvalue weighted by atomic mass is 9.89. The quantitative estimate of drug-likeness (QED) is 0.555. The summed E-state index contributed by atoms with van der Waals surface area (Å²) in [6, 6.07) is 13.6. The van der Waals surface area contributed by atoms with Gasteiger partial charge in [0.05, 0.1) is 5.75 Å². The summed E-state index contributed by atoms with van der Waals surface area (Å²) in [7, 11) is -3.31. The molecule has 28 heavy (non-hydrogen) atoms. The van der Waals surface area contributed by atoms with E-state index in [4.69, 9.17) is 0 Å². The minimum atomic E-state index is -3.31. The van der Waals surface area contributed by atoms with Crippen molar-refractivity contribution in [2.24, 2.45) is 5.92 Å². The van der Waals surface area contributed by atoms with Crippen LogP contribution in [0.1, 0.15) is 23.2 Å². The minimum Gasteiger partial charge on any atom is -0.294 e. The van der Waals surface area contributed by atoms with E-state index in [9.17, 15) is 22.0 Å². The average molecular weight is 407 g/mol. The van der Waals surface area contributed by atoms with E-state index < -0.39 is 15.8 Å². The van der Waals surface area contributed by atoms with Gasteiger partial charge in [0.1, 0.15) is 11.6 Å². The molecule has 0 unspecified atom stereocenters. The summed E-state index contributed by atoms with van der Waals surface area (Å²) in [6.07, 6.45) is 2.29. The summed E-state index contributed by atoms with van der Waals surface area (Å²) in [6.45, 7) is 4.08. The Labute approximate surface area is 164 Å². The highest BCUT2D eigenvalue weighted by Crippen LogP contribution is 2.24. The highest BCUT2D eigenvalue weighted by atomic mass is 32.2. The second-order valence-electron chi connectivity index (χ2n) is 6.41. The van der Waals surface area contributed by atoms with Crippen LogP contribution in [0.5, 0.6) is 0 Å². The van der Waals surface area contributed by atoms with Gasteiger partial charge in [0.25, 0.3) is 0 Å². The number of nitrogens with zero attached hydrogens (tertiary/aromatic N) is 1. The van der Waals surface area contributed by atoms with E-state index in [-0.39, 0.29) is 23.3 Å². The summed E-state index contributed by atoms with van der Waals surface area (Å²) in [5.74, 6) is -1.07. The van der Waals surface area contributed by atoms with Crippen LogP contribution in [0.25, 0.3) is 0 Å². The van der Waals surface area contributed by atoms with Crippen LogP contribution in [0.15, 0.2) is 67.3 Å². The molecule has 0 saturated carbocycles. The van der Waals surface area contributed by atoms with E-state index in [2.05, 4.69) is 6.58 Å². The van der Waals surface area contributed by atoms with Gasteiger partial charge in [0, 0.05) is 24.6 Å². The summed E-state index contributed by atoms with van der Waals surface area (Å²) < 4.78 is 50.2. The van der Waals surface area contributed by atoms with Crippen molar-refractivity contribution in [2.45, 2.75) is 12.8 Å². The number of carbonyl (C=O) groups excluding carboxylic acids is 1. The van der Waals surface area contributed by atoms with E-state index >= 15 is 0 Å². The topological polar surface area (TPSA) is 54.5 Å². The van der Waals surface area contributed by atoms with Gasteiger partial charge in [-0.05, 0) is 37.1 Å². The van der Waals surface area contributed by atoms with E-state index in [1.54, 1.807) is 24.3 Å². The molecule has 4 nitrogen and oxygen atoms in total. The molecule has 1 heterocycles. The Hall–Kier alpha value is -2.38. The van der Waals surface area contributed by atoms with E-state index in [1.807, 2.05) is 0 Å². The number of ketones is 1. The Morgan fingerprint density at radius 1 is 1.04 bits per heavy atom. The first kappa shape index (κ1) is 21.9. The Bertz CT molecular complexity index is 893. The van der Waals surface area contributed by atoms with Crippen LogP contribution >= 0.6 is 0 Å². The van der Waals surface area contributed by atoms with E-state index in [0.29, 0.717) is 31.5 Å². The fourth-order valence-electron chi connectivity index (χ4n) is 2.94. The molecule has 1 aliphatic rings. The van der Waals surface area contributed by atoms with Crippen LogP contribution < -0.4 is 0 Å². The molecule has 0 amide bonds. The Morgan fingerprint density at radius 3 is 2.14 bits per heavy atom. The van der Waals surface area contributed by atoms with Crippen LogP contribution in [0, 0.1) is 17.6 Å². The lowest BCUT2D eigenvalue weighted by molar-refractivity contribution is 0.0875. The first-order valence-corrected chi connectivity index (χ1v) is 10.5. The standard InChI is InChI=1S/C15H18FNO3S.C6H5F/c1-2-10-21(19,20)17-8-6-12(7-9-17)15(18)13-4-3-5-14(16)11-13;7-6-4-2-1-3-5-6/h2-5,11-12H,1,6-10H2;1-5H. The van der Waals surface area contributed by atoms with Crippen molar-refractivity contribution in [1.82, 2.24) is 4.31 Å². The molecular weight excluding hydrogens is 384 g/mol. The monoisotopic (exact) mass is 407 g/mol. The number of hydrogen-bond acceptors (Lipinski definition) is 3. The van der Waals surface area contributed by atoms with Crippen molar-refractivity contribution in [3.8, 4) is 0 Å². The Balaban J connectivity index is 0.000000336. The molecule has 0 N–H and O–H groups in total. The van der Waals surface area contributed by atoms with Crippen molar-refractivity contribution < 1.29 is 22.0 Å². The Morgan fingerprint density at radius 2 is 1.64 bits per heavy atom. The zero-order chi connectivity index (χ0) is 20.6. The number of Topliss-reactive ketones (excluding diaryl/α,β-unsaturated/α-hetero) is 1. The minimum absolute atomic E-state index is 0.0878. The van der Waals surface area contributed by atoms with Crippen molar-refractivity contribution in [3.05, 3.63) is 84.5 Å². The van der Waals surface area contributed by atoms with Crippen LogP contribution in [0.3, 0.4) is 0 Å². The third-order valence-corrected chi connectivity index (χ3v) is 6.20. The zero-order valence-corrected chi connectivity index (χ0v) is 16.2. The first-order valence-electron chi connectivity index (χ1n) is 8.92. The fourth-order valence-corrected chi connectivity index (χ4v) is 4.22. The molecule has 0 spiro atoms. The molecule has 0 aromatic heterocycles. The smallest absolute Gasteiger partial charge is 0.217 e. The van der Waals surface area contributed by atoms with Gasteiger partial charge >= 0.3 is 0 Å². The molecule has 2 aromatic rings. The second kappa shape index (κ2) is 10.2. The van der Waals surface area contributed by atoms with Crippen molar-refractivity contribution in [3.63, 3.8) is 0 Å². The molecule has 1 aliphatic heterocycles. The molecule has 1 fully saturated rings. The maximum Gasteiger partial charge on any atom is 0.217 e. The number of sulfonamides is 1. The third-order valence-electron chi connectivity index (χ3n) is 4.39. The van der Waals surface area contributed by atoms with Crippen LogP contribution in [0.4, 0.5) is 8.78 Å². The summed E-state index contributed by atoms with van der Waals surface area (Å²) in [5, 5.41) is 0. The lowest BCUT2D eigenvalue weighted by Crippen LogP contribution is -2.41. The molecule has 2 aromatic carbocycles. The Kier molecular flexibility index (Phi) is 8.02. The molecule has 0 atom stereocenters. The van der Waals surface area contributed by atoms with Gasteiger partial charge in [0.15, 0.2) is 5.78 Å². The van der Waals surface area contributed by atoms with Crippen LogP contribution in [-0.2, 0) is 10.0 Å². The molecule has 0 radical (unpaired) electrons. The van der Waals surface area contributed by atoms with E-state index in [0.717, 1.165) is 0 Å². The number of piperidine rings is 1. The maximum atomic E-state index is 13.1. The van der Waals surface area contributed by atoms with Gasteiger partial charge in [-0.2, -0.15) is 0 Å². The molecule has 0 aliphatic carbocycles. The van der Waals surface area contributed by atoms with Crippen LogP contribution in [0.2, 0.25) is 0 Å². The predicted molar refractivity (Wildman–Crippen MR) is 105 cm³/mol. The van der Waals surface area contributed by atoms with Crippen molar-refractivity contribution >= 4 is 15.8 Å². The molecule has 1 saturated heterocycles. The van der Waals surface area contributed by atoms with Gasteiger partial charge in [-0.1, -0.05) is 36.4 Å². The van der Waals surface area contributed by atoms with Gasteiger partial charge in [-0.3, -0.25) is 4.79 Å². The normalized spacial score (nSPS) is 15.4. The number of benzene rings is 2. The SMILES string of the molecule is C=CCS(=O)(=O)N1CCC(C(=O)c2cccc(F)c2)CC1.Fc1ccccc1. The number of halogens is 2. The maximum absolute atomic E-state index is 13.1. The summed E-state index contributed by atoms with van der Waals surface area (Å²) >= 11 is 0. The molecular formula is C21H23F2NO3S. The second-order valence-corrected chi connectivity index (χ2v) is 8.42. The molecule has 0 bridgehead atoms. The number of carbonyl (C=O) groups is 1. The fraction of sp³-hybridized carbons (Fsp3) is 0.286. The highest BCUT2D eigenvalue weighted by Gasteiger charge is 2.30.